The maximum absolute atomic E-state index is 11.8. The zero-order chi connectivity index (χ0) is 17.5. The van der Waals surface area contributed by atoms with Crippen LogP contribution in [0.1, 0.15) is 44.8 Å². The van der Waals surface area contributed by atoms with Gasteiger partial charge in [-0.25, -0.2) is 9.48 Å². The van der Waals surface area contributed by atoms with E-state index >= 15 is 0 Å². The van der Waals surface area contributed by atoms with E-state index in [1.54, 1.807) is 10.9 Å². The van der Waals surface area contributed by atoms with Crippen LogP contribution in [-0.2, 0) is 30.3 Å². The van der Waals surface area contributed by atoms with Crippen molar-refractivity contribution < 1.29 is 22.1 Å². The SMILES string of the molecule is COC(=O)C(C(C)C)n1cc(CCCCCOS(C)(=O)=O)nn1. The van der Waals surface area contributed by atoms with Crippen molar-refractivity contribution in [2.75, 3.05) is 20.0 Å². The Hall–Kier alpha value is -1.48. The van der Waals surface area contributed by atoms with Gasteiger partial charge in [0.2, 0.25) is 0 Å². The highest BCUT2D eigenvalue weighted by Crippen LogP contribution is 2.18. The summed E-state index contributed by atoms with van der Waals surface area (Å²) in [5, 5.41) is 8.09. The Kier molecular flexibility index (Phi) is 7.63. The summed E-state index contributed by atoms with van der Waals surface area (Å²) in [4.78, 5) is 11.8. The largest absolute Gasteiger partial charge is 0.467 e. The Morgan fingerprint density at radius 3 is 2.57 bits per heavy atom. The Morgan fingerprint density at radius 2 is 2.00 bits per heavy atom. The normalized spacial score (nSPS) is 13.3. The maximum atomic E-state index is 11.8. The predicted molar refractivity (Wildman–Crippen MR) is 84.3 cm³/mol. The van der Waals surface area contributed by atoms with E-state index in [2.05, 4.69) is 14.5 Å². The Morgan fingerprint density at radius 1 is 1.30 bits per heavy atom. The molecule has 23 heavy (non-hydrogen) atoms. The van der Waals surface area contributed by atoms with Gasteiger partial charge in [0.25, 0.3) is 10.1 Å². The van der Waals surface area contributed by atoms with Gasteiger partial charge in [0.05, 0.1) is 25.7 Å². The van der Waals surface area contributed by atoms with Crippen molar-refractivity contribution in [3.8, 4) is 0 Å². The third kappa shape index (κ3) is 7.08. The van der Waals surface area contributed by atoms with E-state index in [1.165, 1.54) is 7.11 Å². The van der Waals surface area contributed by atoms with Gasteiger partial charge in [0.1, 0.15) is 0 Å². The van der Waals surface area contributed by atoms with Gasteiger partial charge < -0.3 is 4.74 Å². The van der Waals surface area contributed by atoms with Gasteiger partial charge in [0.15, 0.2) is 6.04 Å². The number of carbonyl (C=O) groups is 1. The minimum Gasteiger partial charge on any atom is -0.467 e. The van der Waals surface area contributed by atoms with E-state index in [9.17, 15) is 13.2 Å². The molecule has 0 fully saturated rings. The predicted octanol–water partition coefficient (Wildman–Crippen LogP) is 1.34. The number of hydrogen-bond acceptors (Lipinski definition) is 7. The van der Waals surface area contributed by atoms with Crippen LogP contribution in [0, 0.1) is 5.92 Å². The number of esters is 1. The standard InChI is InChI=1S/C14H25N3O5S/c1-11(2)13(14(18)21-3)17-10-12(15-16-17)8-6-5-7-9-22-23(4,19)20/h10-11,13H,5-9H2,1-4H3. The second-order valence-corrected chi connectivity index (χ2v) is 7.38. The average molecular weight is 347 g/mol. The quantitative estimate of drug-likeness (QED) is 0.357. The van der Waals surface area contributed by atoms with E-state index in [4.69, 9.17) is 4.74 Å². The lowest BCUT2D eigenvalue weighted by atomic mass is 10.1. The highest BCUT2D eigenvalue weighted by Gasteiger charge is 2.26. The average Bonchev–Trinajstić information content (AvgIpc) is 2.89. The van der Waals surface area contributed by atoms with Gasteiger partial charge >= 0.3 is 5.97 Å². The van der Waals surface area contributed by atoms with Crippen molar-refractivity contribution in [2.24, 2.45) is 5.92 Å². The third-order valence-corrected chi connectivity index (χ3v) is 3.89. The van der Waals surface area contributed by atoms with Gasteiger partial charge in [-0.1, -0.05) is 25.5 Å². The molecule has 0 spiro atoms. The highest BCUT2D eigenvalue weighted by atomic mass is 32.2. The molecule has 0 aliphatic rings. The molecule has 0 aliphatic heterocycles. The number of carbonyl (C=O) groups excluding carboxylic acids is 1. The number of methoxy groups -OCH3 is 1. The summed E-state index contributed by atoms with van der Waals surface area (Å²) in [5.41, 5.74) is 0.795. The first-order valence-corrected chi connectivity index (χ1v) is 9.39. The fraction of sp³-hybridized carbons (Fsp3) is 0.786. The maximum Gasteiger partial charge on any atom is 0.330 e. The number of hydrogen-bond donors (Lipinski definition) is 0. The molecule has 1 aromatic rings. The highest BCUT2D eigenvalue weighted by molar-refractivity contribution is 7.85. The molecule has 0 saturated heterocycles. The van der Waals surface area contributed by atoms with Gasteiger partial charge in [-0.3, -0.25) is 4.18 Å². The molecule has 9 heteroatoms. The molecule has 0 bridgehead atoms. The summed E-state index contributed by atoms with van der Waals surface area (Å²) in [6.07, 6.45) is 5.85. The van der Waals surface area contributed by atoms with Crippen LogP contribution in [0.5, 0.6) is 0 Å². The summed E-state index contributed by atoms with van der Waals surface area (Å²) in [6.45, 7) is 4.04. The van der Waals surface area contributed by atoms with Crippen LogP contribution in [0.15, 0.2) is 6.20 Å². The van der Waals surface area contributed by atoms with E-state index in [1.807, 2.05) is 13.8 Å². The van der Waals surface area contributed by atoms with Gasteiger partial charge in [-0.15, -0.1) is 5.10 Å². The van der Waals surface area contributed by atoms with E-state index in [0.29, 0.717) is 12.8 Å². The van der Waals surface area contributed by atoms with Gasteiger partial charge in [-0.05, 0) is 25.2 Å². The second kappa shape index (κ2) is 8.97. The summed E-state index contributed by atoms with van der Waals surface area (Å²) in [6, 6.07) is -0.482. The molecule has 1 rings (SSSR count). The van der Waals surface area contributed by atoms with Crippen molar-refractivity contribution in [2.45, 2.75) is 45.6 Å². The van der Waals surface area contributed by atoms with Crippen molar-refractivity contribution in [3.63, 3.8) is 0 Å². The zero-order valence-corrected chi connectivity index (χ0v) is 14.9. The number of nitrogens with zero attached hydrogens (tertiary/aromatic N) is 3. The monoisotopic (exact) mass is 347 g/mol. The first kappa shape index (κ1) is 19.6. The number of ether oxygens (including phenoxy) is 1. The fourth-order valence-corrected chi connectivity index (χ4v) is 2.59. The van der Waals surface area contributed by atoms with Crippen molar-refractivity contribution >= 4 is 16.1 Å². The first-order valence-electron chi connectivity index (χ1n) is 7.57. The Bertz CT molecular complexity index is 597. The molecule has 1 atom stereocenters. The fourth-order valence-electron chi connectivity index (χ4n) is 2.17. The van der Waals surface area contributed by atoms with E-state index in [0.717, 1.165) is 24.8 Å². The van der Waals surface area contributed by atoms with Crippen molar-refractivity contribution in [1.82, 2.24) is 15.0 Å². The molecule has 0 amide bonds. The smallest absolute Gasteiger partial charge is 0.330 e. The molecule has 1 unspecified atom stereocenters. The molecule has 0 aliphatic carbocycles. The molecule has 1 aromatic heterocycles. The minimum atomic E-state index is -3.36. The number of aryl methyl sites for hydroxylation is 1. The van der Waals surface area contributed by atoms with Crippen LogP contribution in [-0.4, -0.2) is 49.4 Å². The van der Waals surface area contributed by atoms with Crippen LogP contribution in [0.2, 0.25) is 0 Å². The summed E-state index contributed by atoms with van der Waals surface area (Å²) >= 11 is 0. The third-order valence-electron chi connectivity index (χ3n) is 3.29. The zero-order valence-electron chi connectivity index (χ0n) is 14.1. The molecular weight excluding hydrogens is 322 g/mol. The number of unbranched alkanes of at least 4 members (excludes halogenated alkanes) is 2. The Labute approximate surface area is 137 Å². The molecule has 0 N–H and O–H groups in total. The Balaban J connectivity index is 2.43. The molecule has 132 valence electrons. The molecular formula is C14H25N3O5S. The van der Waals surface area contributed by atoms with Gasteiger partial charge in [-0.2, -0.15) is 8.42 Å². The molecule has 0 aromatic carbocycles. The molecule has 0 saturated carbocycles. The topological polar surface area (TPSA) is 100 Å². The van der Waals surface area contributed by atoms with Crippen LogP contribution >= 0.6 is 0 Å². The molecule has 8 nitrogen and oxygen atoms in total. The second-order valence-electron chi connectivity index (χ2n) is 5.74. The number of rotatable bonds is 10. The van der Waals surface area contributed by atoms with Gasteiger partial charge in [0, 0.05) is 6.20 Å². The van der Waals surface area contributed by atoms with Crippen LogP contribution in [0.4, 0.5) is 0 Å². The lowest BCUT2D eigenvalue weighted by Gasteiger charge is -2.17. The van der Waals surface area contributed by atoms with Crippen molar-refractivity contribution in [3.05, 3.63) is 11.9 Å². The van der Waals surface area contributed by atoms with Crippen LogP contribution < -0.4 is 0 Å². The van der Waals surface area contributed by atoms with Crippen molar-refractivity contribution in [1.29, 1.82) is 0 Å². The van der Waals surface area contributed by atoms with Crippen LogP contribution in [0.3, 0.4) is 0 Å². The summed E-state index contributed by atoms with van der Waals surface area (Å²) < 4.78 is 32.6. The van der Waals surface area contributed by atoms with E-state index < -0.39 is 16.2 Å². The van der Waals surface area contributed by atoms with E-state index in [-0.39, 0.29) is 18.5 Å². The molecule has 1 heterocycles. The first-order chi connectivity index (χ1) is 10.7. The lowest BCUT2D eigenvalue weighted by molar-refractivity contribution is -0.146. The summed E-state index contributed by atoms with van der Waals surface area (Å²) in [7, 11) is -2.00. The summed E-state index contributed by atoms with van der Waals surface area (Å²) in [5.74, 6) is -0.292. The number of aromatic nitrogens is 3. The lowest BCUT2D eigenvalue weighted by Crippen LogP contribution is -2.26. The van der Waals surface area contributed by atoms with Crippen LogP contribution in [0.25, 0.3) is 0 Å². The molecule has 0 radical (unpaired) electrons. The minimum absolute atomic E-state index is 0.0464.